The van der Waals surface area contributed by atoms with Crippen molar-refractivity contribution in [2.45, 2.75) is 24.2 Å². The van der Waals surface area contributed by atoms with E-state index < -0.39 is 14.9 Å². The number of rotatable bonds is 8. The third-order valence-electron chi connectivity index (χ3n) is 4.77. The Morgan fingerprint density at radius 1 is 1.18 bits per heavy atom. The topological polar surface area (TPSA) is 102 Å². The molecule has 0 aromatic heterocycles. The lowest BCUT2D eigenvalue weighted by atomic mass is 10.1. The molecular weight excluding hydrogens is 382 g/mol. The second kappa shape index (κ2) is 8.57. The Balaban J connectivity index is 1.77. The van der Waals surface area contributed by atoms with Gasteiger partial charge in [0, 0.05) is 25.7 Å². The Hall–Kier alpha value is -2.65. The van der Waals surface area contributed by atoms with Gasteiger partial charge in [-0.25, -0.2) is 8.42 Å². The maximum Gasteiger partial charge on any atom is 0.293 e. The van der Waals surface area contributed by atoms with Crippen LogP contribution in [0.25, 0.3) is 0 Å². The van der Waals surface area contributed by atoms with Crippen molar-refractivity contribution in [2.75, 3.05) is 32.1 Å². The Bertz CT molecular complexity index is 956. The molecule has 2 aromatic carbocycles. The second-order valence-electron chi connectivity index (χ2n) is 6.54. The van der Waals surface area contributed by atoms with Crippen LogP contribution in [-0.2, 0) is 16.4 Å². The fourth-order valence-corrected chi connectivity index (χ4v) is 4.83. The Morgan fingerprint density at radius 3 is 2.57 bits per heavy atom. The monoisotopic (exact) mass is 405 g/mol. The molecule has 0 amide bonds. The normalized spacial score (nSPS) is 14.8. The molecule has 1 fully saturated rings. The van der Waals surface area contributed by atoms with Crippen molar-refractivity contribution in [3.63, 3.8) is 0 Å². The number of hydrogen-bond donors (Lipinski definition) is 1. The van der Waals surface area contributed by atoms with Gasteiger partial charge < -0.3 is 10.1 Å². The van der Waals surface area contributed by atoms with Crippen LogP contribution in [0.2, 0.25) is 0 Å². The first kappa shape index (κ1) is 20.1. The molecule has 1 aliphatic rings. The molecule has 1 aliphatic heterocycles. The van der Waals surface area contributed by atoms with E-state index in [1.54, 1.807) is 7.11 Å². The highest BCUT2D eigenvalue weighted by molar-refractivity contribution is 7.89. The maximum atomic E-state index is 12.7. The quantitative estimate of drug-likeness (QED) is 0.535. The van der Waals surface area contributed by atoms with Crippen LogP contribution in [0.3, 0.4) is 0 Å². The summed E-state index contributed by atoms with van der Waals surface area (Å²) in [5, 5.41) is 14.5. The van der Waals surface area contributed by atoms with Gasteiger partial charge in [0.1, 0.15) is 11.4 Å². The zero-order valence-corrected chi connectivity index (χ0v) is 16.4. The predicted molar refractivity (Wildman–Crippen MR) is 106 cm³/mol. The molecule has 3 rings (SSSR count). The number of benzene rings is 2. The van der Waals surface area contributed by atoms with Gasteiger partial charge in [0.05, 0.1) is 16.9 Å². The summed E-state index contributed by atoms with van der Waals surface area (Å²) in [6.07, 6.45) is 2.23. The molecule has 1 N–H and O–H groups in total. The van der Waals surface area contributed by atoms with Gasteiger partial charge in [-0.15, -0.1) is 0 Å². The minimum Gasteiger partial charge on any atom is -0.496 e. The van der Waals surface area contributed by atoms with Gasteiger partial charge in [-0.3, -0.25) is 10.1 Å². The zero-order chi connectivity index (χ0) is 20.1. The van der Waals surface area contributed by atoms with E-state index in [0.717, 1.165) is 30.2 Å². The van der Waals surface area contributed by atoms with Crippen molar-refractivity contribution < 1.29 is 18.1 Å². The number of ether oxygens (including phenoxy) is 1. The molecule has 2 aromatic rings. The highest BCUT2D eigenvalue weighted by Crippen LogP contribution is 2.30. The number of hydrogen-bond acceptors (Lipinski definition) is 6. The molecule has 1 saturated heterocycles. The molecule has 0 radical (unpaired) electrons. The lowest BCUT2D eigenvalue weighted by Crippen LogP contribution is -2.27. The Labute approximate surface area is 164 Å². The molecule has 0 saturated carbocycles. The van der Waals surface area contributed by atoms with Crippen molar-refractivity contribution >= 4 is 21.4 Å². The fraction of sp³-hybridized carbons (Fsp3) is 0.368. The second-order valence-corrected chi connectivity index (χ2v) is 8.47. The summed E-state index contributed by atoms with van der Waals surface area (Å²) >= 11 is 0. The molecule has 28 heavy (non-hydrogen) atoms. The van der Waals surface area contributed by atoms with Gasteiger partial charge in [0.2, 0.25) is 10.0 Å². The summed E-state index contributed by atoms with van der Waals surface area (Å²) in [5.41, 5.74) is 1.02. The lowest BCUT2D eigenvalue weighted by molar-refractivity contribution is -0.384. The van der Waals surface area contributed by atoms with Crippen LogP contribution >= 0.6 is 0 Å². The molecule has 8 nitrogen and oxygen atoms in total. The Morgan fingerprint density at radius 2 is 1.89 bits per heavy atom. The number of nitro groups is 1. The lowest BCUT2D eigenvalue weighted by Gasteiger charge is -2.16. The van der Waals surface area contributed by atoms with Crippen LogP contribution in [0.4, 0.5) is 11.4 Å². The van der Waals surface area contributed by atoms with E-state index in [-0.39, 0.29) is 10.6 Å². The van der Waals surface area contributed by atoms with E-state index in [9.17, 15) is 18.5 Å². The maximum absolute atomic E-state index is 12.7. The summed E-state index contributed by atoms with van der Waals surface area (Å²) in [6, 6.07) is 11.6. The third-order valence-corrected chi connectivity index (χ3v) is 6.67. The van der Waals surface area contributed by atoms with E-state index in [4.69, 9.17) is 4.74 Å². The van der Waals surface area contributed by atoms with Crippen LogP contribution in [0.5, 0.6) is 5.75 Å². The standard InChI is InChI=1S/C19H23N3O5S/c1-27-19-7-3-2-6-15(19)10-11-20-17-9-8-16(14-18(17)22(23)24)28(25,26)21-12-4-5-13-21/h2-3,6-9,14,20H,4-5,10-13H2,1H3. The number of para-hydroxylation sites is 1. The molecule has 1 heterocycles. The fourth-order valence-electron chi connectivity index (χ4n) is 3.29. The molecular formula is C19H23N3O5S. The minimum absolute atomic E-state index is 0.0450. The molecule has 150 valence electrons. The summed E-state index contributed by atoms with van der Waals surface area (Å²) in [7, 11) is -2.11. The molecule has 9 heteroatoms. The Kier molecular flexibility index (Phi) is 6.15. The average molecular weight is 405 g/mol. The van der Waals surface area contributed by atoms with Gasteiger partial charge in [0.15, 0.2) is 0 Å². The minimum atomic E-state index is -3.70. The highest BCUT2D eigenvalue weighted by Gasteiger charge is 2.29. The van der Waals surface area contributed by atoms with E-state index in [1.807, 2.05) is 24.3 Å². The average Bonchev–Trinajstić information content (AvgIpc) is 3.24. The van der Waals surface area contributed by atoms with Gasteiger partial charge in [-0.1, -0.05) is 18.2 Å². The van der Waals surface area contributed by atoms with E-state index in [2.05, 4.69) is 5.32 Å². The first-order chi connectivity index (χ1) is 13.4. The first-order valence-electron chi connectivity index (χ1n) is 9.08. The smallest absolute Gasteiger partial charge is 0.293 e. The predicted octanol–water partition coefficient (Wildman–Crippen LogP) is 3.04. The number of sulfonamides is 1. The van der Waals surface area contributed by atoms with Crippen molar-refractivity contribution in [1.29, 1.82) is 0 Å². The molecule has 0 aliphatic carbocycles. The summed E-state index contributed by atoms with van der Waals surface area (Å²) < 4.78 is 32.0. The number of nitro benzene ring substituents is 1. The van der Waals surface area contributed by atoms with Crippen molar-refractivity contribution in [1.82, 2.24) is 4.31 Å². The van der Waals surface area contributed by atoms with Crippen LogP contribution in [-0.4, -0.2) is 44.4 Å². The van der Waals surface area contributed by atoms with E-state index in [1.165, 1.54) is 16.4 Å². The first-order valence-corrected chi connectivity index (χ1v) is 10.5. The van der Waals surface area contributed by atoms with Gasteiger partial charge in [-0.2, -0.15) is 4.31 Å². The molecule has 0 bridgehead atoms. The highest BCUT2D eigenvalue weighted by atomic mass is 32.2. The van der Waals surface area contributed by atoms with Gasteiger partial charge in [0.25, 0.3) is 5.69 Å². The SMILES string of the molecule is COc1ccccc1CCNc1ccc(S(=O)(=O)N2CCCC2)cc1[N+](=O)[O-]. The van der Waals surface area contributed by atoms with Crippen LogP contribution in [0.15, 0.2) is 47.4 Å². The van der Waals surface area contributed by atoms with Crippen molar-refractivity contribution in [3.8, 4) is 5.75 Å². The van der Waals surface area contributed by atoms with Gasteiger partial charge >= 0.3 is 0 Å². The number of anilines is 1. The van der Waals surface area contributed by atoms with E-state index >= 15 is 0 Å². The van der Waals surface area contributed by atoms with Crippen molar-refractivity contribution in [2.24, 2.45) is 0 Å². The summed E-state index contributed by atoms with van der Waals surface area (Å²) in [6.45, 7) is 1.35. The van der Waals surface area contributed by atoms with Crippen molar-refractivity contribution in [3.05, 3.63) is 58.1 Å². The van der Waals surface area contributed by atoms with Crippen LogP contribution in [0, 0.1) is 10.1 Å². The molecule has 0 atom stereocenters. The number of nitrogens with zero attached hydrogens (tertiary/aromatic N) is 2. The van der Waals surface area contributed by atoms with Crippen LogP contribution < -0.4 is 10.1 Å². The van der Waals surface area contributed by atoms with Crippen LogP contribution in [0.1, 0.15) is 18.4 Å². The largest absolute Gasteiger partial charge is 0.496 e. The number of nitrogens with one attached hydrogen (secondary N) is 1. The third kappa shape index (κ3) is 4.26. The molecule has 0 spiro atoms. The zero-order valence-electron chi connectivity index (χ0n) is 15.6. The summed E-state index contributed by atoms with van der Waals surface area (Å²) in [5.74, 6) is 0.755. The van der Waals surface area contributed by atoms with Gasteiger partial charge in [-0.05, 0) is 43.0 Å². The summed E-state index contributed by atoms with van der Waals surface area (Å²) in [4.78, 5) is 10.9. The van der Waals surface area contributed by atoms with E-state index in [0.29, 0.717) is 31.7 Å². The molecule has 0 unspecified atom stereocenters. The number of methoxy groups -OCH3 is 1.